The van der Waals surface area contributed by atoms with Crippen LogP contribution in [0.4, 0.5) is 0 Å². The fourth-order valence-electron chi connectivity index (χ4n) is 10.7. The van der Waals surface area contributed by atoms with Gasteiger partial charge in [0, 0.05) is 12.3 Å². The second kappa shape index (κ2) is 8.72. The maximum atomic E-state index is 12.5. The minimum Gasteiger partial charge on any atom is -0.462 e. The third kappa shape index (κ3) is 3.62. The molecule has 6 fully saturated rings. The molecular formula is C31H50O4. The average molecular weight is 487 g/mol. The average Bonchev–Trinajstić information content (AvgIpc) is 3.29. The standard InChI is InChI=1S/C31H50O4/c1-6-19(2)28(32)34-22-11-14-29(4)21(17-22)9-10-23-24(29)12-15-30(5)25(23)18-26-27(30)20(3)31(35-26)13-7-8-16-33-31/h19-27H,6-18H2,1-5H3/t19?,20?,21?,22-,23?,24?,25?,26?,27?,29?,30?,31+/m0/s1. The van der Waals surface area contributed by atoms with Crippen molar-refractivity contribution < 1.29 is 19.0 Å². The van der Waals surface area contributed by atoms with Gasteiger partial charge in [0.2, 0.25) is 0 Å². The highest BCUT2D eigenvalue weighted by atomic mass is 16.7. The van der Waals surface area contributed by atoms with Crippen molar-refractivity contribution in [3.63, 3.8) is 0 Å². The van der Waals surface area contributed by atoms with Crippen LogP contribution in [0.3, 0.4) is 0 Å². The maximum Gasteiger partial charge on any atom is 0.308 e. The lowest BCUT2D eigenvalue weighted by Crippen LogP contribution is -2.55. The molecule has 0 aromatic heterocycles. The number of ether oxygens (including phenoxy) is 3. The predicted molar refractivity (Wildman–Crippen MR) is 137 cm³/mol. The molecule has 10 unspecified atom stereocenters. The highest BCUT2D eigenvalue weighted by Crippen LogP contribution is 2.71. The van der Waals surface area contributed by atoms with Gasteiger partial charge in [-0.05, 0) is 111 Å². The highest BCUT2D eigenvalue weighted by Gasteiger charge is 2.69. The molecule has 6 aliphatic rings. The van der Waals surface area contributed by atoms with Crippen molar-refractivity contribution >= 4 is 5.97 Å². The summed E-state index contributed by atoms with van der Waals surface area (Å²) in [6.07, 6.45) is 15.0. The first kappa shape index (κ1) is 24.7. The number of rotatable bonds is 3. The molecule has 0 N–H and O–H groups in total. The van der Waals surface area contributed by atoms with Crippen LogP contribution in [0.25, 0.3) is 0 Å². The molecule has 0 amide bonds. The predicted octanol–water partition coefficient (Wildman–Crippen LogP) is 7.14. The molecule has 0 aromatic rings. The molecule has 35 heavy (non-hydrogen) atoms. The molecule has 0 bridgehead atoms. The van der Waals surface area contributed by atoms with Crippen molar-refractivity contribution in [2.24, 2.45) is 52.3 Å². The zero-order chi connectivity index (χ0) is 24.6. The Hall–Kier alpha value is -0.610. The molecule has 4 saturated carbocycles. The van der Waals surface area contributed by atoms with Gasteiger partial charge in [0.25, 0.3) is 0 Å². The van der Waals surface area contributed by atoms with E-state index in [0.29, 0.717) is 34.7 Å². The molecule has 2 saturated heterocycles. The van der Waals surface area contributed by atoms with E-state index in [1.807, 2.05) is 6.92 Å². The van der Waals surface area contributed by atoms with E-state index in [4.69, 9.17) is 14.2 Å². The van der Waals surface area contributed by atoms with Gasteiger partial charge in [-0.15, -0.1) is 0 Å². The lowest BCUT2D eigenvalue weighted by atomic mass is 9.44. The van der Waals surface area contributed by atoms with Gasteiger partial charge in [0.15, 0.2) is 5.79 Å². The van der Waals surface area contributed by atoms with Crippen LogP contribution in [-0.2, 0) is 19.0 Å². The van der Waals surface area contributed by atoms with Gasteiger partial charge in [-0.1, -0.05) is 34.6 Å². The van der Waals surface area contributed by atoms with Gasteiger partial charge in [0.1, 0.15) is 6.10 Å². The molecule has 6 rings (SSSR count). The quantitative estimate of drug-likeness (QED) is 0.398. The minimum absolute atomic E-state index is 0.0227. The topological polar surface area (TPSA) is 44.8 Å². The molecule has 4 heteroatoms. The zero-order valence-corrected chi connectivity index (χ0v) is 23.0. The van der Waals surface area contributed by atoms with Gasteiger partial charge in [-0.2, -0.15) is 0 Å². The molecule has 0 aromatic carbocycles. The van der Waals surface area contributed by atoms with Crippen LogP contribution in [0.15, 0.2) is 0 Å². The van der Waals surface area contributed by atoms with Gasteiger partial charge in [-0.3, -0.25) is 4.79 Å². The normalized spacial score (nSPS) is 53.9. The van der Waals surface area contributed by atoms with E-state index in [9.17, 15) is 4.79 Å². The van der Waals surface area contributed by atoms with Gasteiger partial charge < -0.3 is 14.2 Å². The SMILES string of the molecule is CCC(C)C(=O)O[C@H]1CCC2(C)C(CCC3C2CCC2(C)C3CC3O[C@]4(CCCCO4)C(C)C32)C1. The van der Waals surface area contributed by atoms with Gasteiger partial charge in [-0.25, -0.2) is 0 Å². The largest absolute Gasteiger partial charge is 0.462 e. The Morgan fingerprint density at radius 2 is 1.80 bits per heavy atom. The van der Waals surface area contributed by atoms with E-state index in [1.165, 1.54) is 51.4 Å². The highest BCUT2D eigenvalue weighted by molar-refractivity contribution is 5.72. The van der Waals surface area contributed by atoms with Crippen LogP contribution in [0.2, 0.25) is 0 Å². The number of hydrogen-bond acceptors (Lipinski definition) is 4. The summed E-state index contributed by atoms with van der Waals surface area (Å²) >= 11 is 0. The Labute approximate surface area is 213 Å². The second-order valence-corrected chi connectivity index (χ2v) is 14.2. The molecule has 0 radical (unpaired) electrons. The molecule has 2 heterocycles. The lowest BCUT2D eigenvalue weighted by molar-refractivity contribution is -0.265. The second-order valence-electron chi connectivity index (χ2n) is 14.2. The Morgan fingerprint density at radius 3 is 2.54 bits per heavy atom. The van der Waals surface area contributed by atoms with Crippen molar-refractivity contribution in [3.05, 3.63) is 0 Å². The number of carbonyl (C=O) groups is 1. The van der Waals surface area contributed by atoms with Crippen molar-refractivity contribution in [1.29, 1.82) is 0 Å². The Kier molecular flexibility index (Phi) is 6.15. The van der Waals surface area contributed by atoms with Crippen LogP contribution in [0.5, 0.6) is 0 Å². The van der Waals surface area contributed by atoms with E-state index < -0.39 is 0 Å². The lowest BCUT2D eigenvalue weighted by Gasteiger charge is -2.61. The van der Waals surface area contributed by atoms with E-state index in [2.05, 4.69) is 27.7 Å². The van der Waals surface area contributed by atoms with Crippen LogP contribution in [0.1, 0.15) is 112 Å². The fourth-order valence-corrected chi connectivity index (χ4v) is 10.7. The van der Waals surface area contributed by atoms with E-state index >= 15 is 0 Å². The third-order valence-corrected chi connectivity index (χ3v) is 12.9. The van der Waals surface area contributed by atoms with Gasteiger partial charge in [0.05, 0.1) is 18.6 Å². The molecule has 12 atom stereocenters. The zero-order valence-electron chi connectivity index (χ0n) is 23.0. The van der Waals surface area contributed by atoms with Crippen molar-refractivity contribution in [1.82, 2.24) is 0 Å². The molecule has 198 valence electrons. The number of fused-ring (bicyclic) bond motifs is 7. The maximum absolute atomic E-state index is 12.5. The van der Waals surface area contributed by atoms with E-state index in [0.717, 1.165) is 50.0 Å². The van der Waals surface area contributed by atoms with E-state index in [-0.39, 0.29) is 23.8 Å². The first-order valence-corrected chi connectivity index (χ1v) is 15.2. The van der Waals surface area contributed by atoms with E-state index in [1.54, 1.807) is 0 Å². The first-order valence-electron chi connectivity index (χ1n) is 15.2. The number of carbonyl (C=O) groups excluding carboxylic acids is 1. The molecule has 4 nitrogen and oxygen atoms in total. The summed E-state index contributed by atoms with van der Waals surface area (Å²) in [7, 11) is 0. The Bertz CT molecular complexity index is 819. The monoisotopic (exact) mass is 486 g/mol. The molecule has 1 spiro atoms. The van der Waals surface area contributed by atoms with Crippen LogP contribution in [-0.4, -0.2) is 30.6 Å². The Balaban J connectivity index is 1.17. The first-order chi connectivity index (χ1) is 16.7. The van der Waals surface area contributed by atoms with Crippen molar-refractivity contribution in [2.75, 3.05) is 6.61 Å². The molecule has 4 aliphatic carbocycles. The number of esters is 1. The van der Waals surface area contributed by atoms with Gasteiger partial charge >= 0.3 is 5.97 Å². The summed E-state index contributed by atoms with van der Waals surface area (Å²) in [6.45, 7) is 12.7. The fraction of sp³-hybridized carbons (Fsp3) is 0.968. The summed E-state index contributed by atoms with van der Waals surface area (Å²) in [4.78, 5) is 12.5. The Morgan fingerprint density at radius 1 is 1.00 bits per heavy atom. The molecular weight excluding hydrogens is 436 g/mol. The molecule has 2 aliphatic heterocycles. The van der Waals surface area contributed by atoms with Crippen molar-refractivity contribution in [2.45, 2.75) is 130 Å². The summed E-state index contributed by atoms with van der Waals surface area (Å²) in [5.74, 6) is 4.14. The third-order valence-electron chi connectivity index (χ3n) is 12.9. The smallest absolute Gasteiger partial charge is 0.308 e. The van der Waals surface area contributed by atoms with Crippen molar-refractivity contribution in [3.8, 4) is 0 Å². The van der Waals surface area contributed by atoms with Crippen LogP contribution < -0.4 is 0 Å². The summed E-state index contributed by atoms with van der Waals surface area (Å²) in [5, 5.41) is 0. The van der Waals surface area contributed by atoms with Crippen LogP contribution in [0, 0.1) is 52.3 Å². The summed E-state index contributed by atoms with van der Waals surface area (Å²) in [5.41, 5.74) is 0.823. The summed E-state index contributed by atoms with van der Waals surface area (Å²) < 4.78 is 19.3. The number of hydrogen-bond donors (Lipinski definition) is 0. The minimum atomic E-state index is -0.285. The van der Waals surface area contributed by atoms with Crippen LogP contribution >= 0.6 is 0 Å². The summed E-state index contributed by atoms with van der Waals surface area (Å²) in [6, 6.07) is 0.